The van der Waals surface area contributed by atoms with Gasteiger partial charge in [0.2, 0.25) is 0 Å². The molecule has 0 unspecified atom stereocenters. The molecule has 3 aromatic rings. The molecule has 0 aliphatic heterocycles. The lowest BCUT2D eigenvalue weighted by Crippen LogP contribution is -2.27. The molecule has 27 heavy (non-hydrogen) atoms. The minimum absolute atomic E-state index is 0.230. The molecule has 9 heteroatoms. The van der Waals surface area contributed by atoms with E-state index in [2.05, 4.69) is 31.3 Å². The van der Waals surface area contributed by atoms with Crippen molar-refractivity contribution in [2.75, 3.05) is 5.32 Å². The van der Waals surface area contributed by atoms with Crippen LogP contribution >= 0.6 is 38.9 Å². The molecular formula is C18H20BrClFN5S. The lowest BCUT2D eigenvalue weighted by Gasteiger charge is -2.14. The first-order valence-electron chi connectivity index (χ1n) is 8.79. The van der Waals surface area contributed by atoms with Crippen molar-refractivity contribution in [2.45, 2.75) is 50.9 Å². The van der Waals surface area contributed by atoms with E-state index in [-0.39, 0.29) is 6.04 Å². The van der Waals surface area contributed by atoms with Crippen LogP contribution in [-0.4, -0.2) is 26.3 Å². The van der Waals surface area contributed by atoms with Crippen LogP contribution in [0.1, 0.15) is 35.4 Å². The molecule has 0 spiro atoms. The quantitative estimate of drug-likeness (QED) is 0.514. The zero-order valence-electron chi connectivity index (χ0n) is 14.8. The van der Waals surface area contributed by atoms with Gasteiger partial charge in [-0.1, -0.05) is 11.6 Å². The van der Waals surface area contributed by atoms with E-state index in [0.29, 0.717) is 37.4 Å². The van der Waals surface area contributed by atoms with E-state index in [9.17, 15) is 4.39 Å². The van der Waals surface area contributed by atoms with E-state index >= 15 is 0 Å². The monoisotopic (exact) mass is 471 g/mol. The first-order valence-corrected chi connectivity index (χ1v) is 10.8. The summed E-state index contributed by atoms with van der Waals surface area (Å²) in [7, 11) is 0. The molecule has 3 aromatic heterocycles. The van der Waals surface area contributed by atoms with Gasteiger partial charge in [0.05, 0.1) is 17.7 Å². The molecule has 0 amide bonds. The second-order valence-electron chi connectivity index (χ2n) is 7.13. The number of halogens is 3. The Hall–Kier alpha value is -1.22. The van der Waals surface area contributed by atoms with Crippen LogP contribution in [0.2, 0.25) is 5.15 Å². The van der Waals surface area contributed by atoms with Crippen molar-refractivity contribution in [3.05, 3.63) is 43.5 Å². The average Bonchev–Trinajstić information content (AvgIpc) is 3.04. The maximum Gasteiger partial charge on any atom is 0.152 e. The van der Waals surface area contributed by atoms with E-state index < -0.39 is 5.67 Å². The van der Waals surface area contributed by atoms with Crippen molar-refractivity contribution < 1.29 is 4.39 Å². The summed E-state index contributed by atoms with van der Waals surface area (Å²) in [4.78, 5) is 4.30. The van der Waals surface area contributed by atoms with Crippen LogP contribution in [0.4, 0.5) is 10.1 Å². The zero-order chi connectivity index (χ0) is 19.2. The lowest BCUT2D eigenvalue weighted by atomic mass is 10.00. The molecule has 3 heterocycles. The number of hydrogen-bond acceptors (Lipinski definition) is 5. The number of hydrogen-bond donors (Lipinski definition) is 2. The van der Waals surface area contributed by atoms with Gasteiger partial charge in [-0.15, -0.1) is 11.3 Å². The van der Waals surface area contributed by atoms with Gasteiger partial charge in [-0.25, -0.2) is 13.9 Å². The molecule has 0 saturated heterocycles. The number of nitrogens with two attached hydrogens (primary N) is 1. The highest BCUT2D eigenvalue weighted by Gasteiger charge is 2.44. The number of aromatic nitrogens is 3. The van der Waals surface area contributed by atoms with Crippen molar-refractivity contribution in [2.24, 2.45) is 5.73 Å². The van der Waals surface area contributed by atoms with Crippen molar-refractivity contribution >= 4 is 50.1 Å². The van der Waals surface area contributed by atoms with Crippen molar-refractivity contribution in [3.63, 3.8) is 0 Å². The summed E-state index contributed by atoms with van der Waals surface area (Å²) < 4.78 is 16.7. The lowest BCUT2D eigenvalue weighted by molar-refractivity contribution is 0.270. The van der Waals surface area contributed by atoms with Gasteiger partial charge in [0.25, 0.3) is 0 Å². The van der Waals surface area contributed by atoms with Crippen LogP contribution < -0.4 is 11.1 Å². The Morgan fingerprint density at radius 1 is 1.52 bits per heavy atom. The van der Waals surface area contributed by atoms with Gasteiger partial charge in [0, 0.05) is 23.7 Å². The largest absolute Gasteiger partial charge is 0.377 e. The number of nitrogens with zero attached hydrogens (tertiary/aromatic N) is 3. The predicted octanol–water partition coefficient (Wildman–Crippen LogP) is 4.89. The maximum absolute atomic E-state index is 14.1. The highest BCUT2D eigenvalue weighted by Crippen LogP contribution is 2.44. The number of alkyl halides is 1. The maximum atomic E-state index is 14.1. The van der Waals surface area contributed by atoms with Crippen LogP contribution in [0.3, 0.4) is 0 Å². The van der Waals surface area contributed by atoms with Crippen LogP contribution in [0.15, 0.2) is 22.2 Å². The third-order valence-electron chi connectivity index (χ3n) is 4.97. The number of aryl methyl sites for hydroxylation is 1. The van der Waals surface area contributed by atoms with Gasteiger partial charge in [-0.3, -0.25) is 0 Å². The van der Waals surface area contributed by atoms with E-state index in [1.807, 2.05) is 18.4 Å². The van der Waals surface area contributed by atoms with Crippen molar-refractivity contribution in [1.29, 1.82) is 0 Å². The van der Waals surface area contributed by atoms with Gasteiger partial charge < -0.3 is 11.1 Å². The van der Waals surface area contributed by atoms with E-state index in [0.717, 1.165) is 31.9 Å². The molecule has 5 nitrogen and oxygen atoms in total. The first kappa shape index (κ1) is 19.1. The van der Waals surface area contributed by atoms with Crippen LogP contribution in [0, 0.1) is 6.92 Å². The van der Waals surface area contributed by atoms with Gasteiger partial charge in [0.1, 0.15) is 15.3 Å². The SMILES string of the molecule is Cc1c(C[C@@H](N)CC2(F)CC2)c(Br)n2nc(Cl)cc(NCc3nccs3)c12. The Morgan fingerprint density at radius 3 is 2.96 bits per heavy atom. The minimum atomic E-state index is -1.05. The first-order chi connectivity index (χ1) is 12.9. The zero-order valence-corrected chi connectivity index (χ0v) is 18.0. The van der Waals surface area contributed by atoms with E-state index in [1.165, 1.54) is 0 Å². The van der Waals surface area contributed by atoms with Crippen LogP contribution in [0.5, 0.6) is 0 Å². The average molecular weight is 473 g/mol. The molecule has 4 rings (SSSR count). The van der Waals surface area contributed by atoms with Gasteiger partial charge in [0.15, 0.2) is 5.15 Å². The highest BCUT2D eigenvalue weighted by atomic mass is 79.9. The van der Waals surface area contributed by atoms with Gasteiger partial charge in [-0.05, 0) is 59.7 Å². The third-order valence-corrected chi connectivity index (χ3v) is 6.75. The van der Waals surface area contributed by atoms with Crippen molar-refractivity contribution in [1.82, 2.24) is 14.6 Å². The fourth-order valence-corrected chi connectivity index (χ4v) is 4.89. The summed E-state index contributed by atoms with van der Waals surface area (Å²) in [5.74, 6) is 0. The molecule has 3 N–H and O–H groups in total. The molecule has 0 aromatic carbocycles. The van der Waals surface area contributed by atoms with Crippen LogP contribution in [-0.2, 0) is 13.0 Å². The molecule has 0 bridgehead atoms. The number of nitrogens with one attached hydrogen (secondary N) is 1. The number of anilines is 1. The molecule has 1 aliphatic rings. The van der Waals surface area contributed by atoms with E-state index in [1.54, 1.807) is 22.0 Å². The fourth-order valence-electron chi connectivity index (χ4n) is 3.43. The molecule has 1 saturated carbocycles. The Kier molecular flexibility index (Phi) is 5.18. The second kappa shape index (κ2) is 7.31. The number of fused-ring (bicyclic) bond motifs is 1. The molecule has 144 valence electrons. The van der Waals surface area contributed by atoms with E-state index in [4.69, 9.17) is 17.3 Å². The molecule has 1 atom stereocenters. The number of thiazole rings is 1. The molecule has 1 fully saturated rings. The summed E-state index contributed by atoms with van der Waals surface area (Å²) >= 11 is 11.5. The normalized spacial score (nSPS) is 16.6. The minimum Gasteiger partial charge on any atom is -0.377 e. The fraction of sp³-hybridized carbons (Fsp3) is 0.444. The Balaban J connectivity index is 1.65. The van der Waals surface area contributed by atoms with Crippen molar-refractivity contribution in [3.8, 4) is 0 Å². The van der Waals surface area contributed by atoms with Crippen LogP contribution in [0.25, 0.3) is 5.52 Å². The topological polar surface area (TPSA) is 68.2 Å². The highest BCUT2D eigenvalue weighted by molar-refractivity contribution is 9.10. The Bertz CT molecular complexity index is 970. The summed E-state index contributed by atoms with van der Waals surface area (Å²) in [5.41, 5.74) is 9.11. The summed E-state index contributed by atoms with van der Waals surface area (Å²) in [6, 6.07) is 1.58. The molecule has 1 aliphatic carbocycles. The summed E-state index contributed by atoms with van der Waals surface area (Å²) in [6.45, 7) is 2.64. The second-order valence-corrected chi connectivity index (χ2v) is 9.25. The smallest absolute Gasteiger partial charge is 0.152 e. The summed E-state index contributed by atoms with van der Waals surface area (Å²) in [5, 5.41) is 11.2. The number of rotatable bonds is 7. The third kappa shape index (κ3) is 3.99. The Morgan fingerprint density at radius 2 is 2.30 bits per heavy atom. The summed E-state index contributed by atoms with van der Waals surface area (Å²) in [6.07, 6.45) is 4.02. The molecule has 0 radical (unpaired) electrons. The predicted molar refractivity (Wildman–Crippen MR) is 111 cm³/mol. The van der Waals surface area contributed by atoms with Gasteiger partial charge >= 0.3 is 0 Å². The molecular weight excluding hydrogens is 453 g/mol. The van der Waals surface area contributed by atoms with Gasteiger partial charge in [-0.2, -0.15) is 5.10 Å². The standard InChI is InChI=1S/C18H20BrClFN5S/c1-10-12(6-11(22)8-18(21)2-3-18)17(19)26-16(10)13(7-14(20)25-26)24-9-15-23-4-5-27-15/h4-5,7,11,24H,2-3,6,8-9,22H2,1H3/t11-/m1/s1. The Labute approximate surface area is 174 Å².